The summed E-state index contributed by atoms with van der Waals surface area (Å²) >= 11 is 1.70. The van der Waals surface area contributed by atoms with Crippen LogP contribution >= 0.6 is 11.3 Å². The van der Waals surface area contributed by atoms with Crippen LogP contribution in [0.15, 0.2) is 11.4 Å². The molecular formula is C19H30N4O3S2. The van der Waals surface area contributed by atoms with E-state index in [1.807, 2.05) is 18.5 Å². The van der Waals surface area contributed by atoms with Gasteiger partial charge in [-0.1, -0.05) is 0 Å². The lowest BCUT2D eigenvalue weighted by Crippen LogP contribution is -2.25. The van der Waals surface area contributed by atoms with Gasteiger partial charge in [0.2, 0.25) is 15.0 Å². The predicted molar refractivity (Wildman–Crippen MR) is 110 cm³/mol. The minimum Gasteiger partial charge on any atom is -0.383 e. The van der Waals surface area contributed by atoms with Gasteiger partial charge in [-0.25, -0.2) is 18.4 Å². The molecule has 0 unspecified atom stereocenters. The Morgan fingerprint density at radius 3 is 2.68 bits per heavy atom. The van der Waals surface area contributed by atoms with Crippen LogP contribution < -0.4 is 0 Å². The number of thiazole rings is 1. The van der Waals surface area contributed by atoms with Crippen LogP contribution in [0.4, 0.5) is 0 Å². The first-order valence-corrected chi connectivity index (χ1v) is 12.1. The summed E-state index contributed by atoms with van der Waals surface area (Å²) in [6, 6.07) is 0.127. The van der Waals surface area contributed by atoms with Crippen molar-refractivity contribution >= 4 is 21.2 Å². The molecule has 0 N–H and O–H groups in total. The zero-order valence-corrected chi connectivity index (χ0v) is 18.9. The van der Waals surface area contributed by atoms with Crippen molar-refractivity contribution in [2.45, 2.75) is 57.9 Å². The van der Waals surface area contributed by atoms with Gasteiger partial charge in [-0.15, -0.1) is 11.3 Å². The molecule has 0 bridgehead atoms. The maximum atomic E-state index is 12.8. The normalized spacial score (nSPS) is 16.1. The van der Waals surface area contributed by atoms with Crippen molar-refractivity contribution in [3.63, 3.8) is 0 Å². The molecular weight excluding hydrogens is 396 g/mol. The Morgan fingerprint density at radius 1 is 1.39 bits per heavy atom. The van der Waals surface area contributed by atoms with E-state index in [1.54, 1.807) is 24.6 Å². The van der Waals surface area contributed by atoms with Crippen molar-refractivity contribution in [2.75, 3.05) is 26.5 Å². The molecule has 0 radical (unpaired) electrons. The van der Waals surface area contributed by atoms with Crippen molar-refractivity contribution in [2.24, 2.45) is 5.92 Å². The quantitative estimate of drug-likeness (QED) is 0.581. The van der Waals surface area contributed by atoms with Gasteiger partial charge in [0.05, 0.1) is 41.0 Å². The highest BCUT2D eigenvalue weighted by Crippen LogP contribution is 2.32. The zero-order chi connectivity index (χ0) is 20.5. The Labute approximate surface area is 171 Å². The summed E-state index contributed by atoms with van der Waals surface area (Å²) in [5.41, 5.74) is 1.96. The topological polar surface area (TPSA) is 77.3 Å². The second kappa shape index (κ2) is 8.61. The minimum atomic E-state index is -3.38. The van der Waals surface area contributed by atoms with Crippen molar-refractivity contribution in [1.29, 1.82) is 0 Å². The van der Waals surface area contributed by atoms with Crippen molar-refractivity contribution in [3.05, 3.63) is 27.5 Å². The molecule has 1 atom stereocenters. The first-order chi connectivity index (χ1) is 13.2. The summed E-state index contributed by atoms with van der Waals surface area (Å²) in [5.74, 6) is 0.486. The number of sulfone groups is 1. The van der Waals surface area contributed by atoms with Crippen LogP contribution in [-0.2, 0) is 27.7 Å². The van der Waals surface area contributed by atoms with Gasteiger partial charge in [-0.05, 0) is 46.6 Å². The van der Waals surface area contributed by atoms with Crippen molar-refractivity contribution in [1.82, 2.24) is 19.4 Å². The number of imidazole rings is 1. The Balaban J connectivity index is 1.83. The SMILES string of the molecule is COCCn1c(CN(C)[C@H](C)c2nc(C)sc2C)cnc1S(=O)(=O)CC1CC1. The van der Waals surface area contributed by atoms with Gasteiger partial charge < -0.3 is 9.30 Å². The Hall–Kier alpha value is -1.29. The molecule has 0 aromatic carbocycles. The molecule has 1 fully saturated rings. The fourth-order valence-corrected chi connectivity index (χ4v) is 6.16. The largest absolute Gasteiger partial charge is 0.383 e. The molecule has 2 aromatic heterocycles. The van der Waals surface area contributed by atoms with E-state index in [1.165, 1.54) is 4.88 Å². The number of aryl methyl sites for hydroxylation is 2. The fourth-order valence-electron chi connectivity index (χ4n) is 3.39. The smallest absolute Gasteiger partial charge is 0.227 e. The molecule has 0 amide bonds. The molecule has 9 heteroatoms. The lowest BCUT2D eigenvalue weighted by atomic mass is 10.2. The highest BCUT2D eigenvalue weighted by molar-refractivity contribution is 7.91. The maximum Gasteiger partial charge on any atom is 0.227 e. The zero-order valence-electron chi connectivity index (χ0n) is 17.3. The fraction of sp³-hybridized carbons (Fsp3) is 0.684. The van der Waals surface area contributed by atoms with Crippen molar-refractivity contribution in [3.8, 4) is 0 Å². The highest BCUT2D eigenvalue weighted by Gasteiger charge is 2.32. The number of hydrogen-bond donors (Lipinski definition) is 0. The van der Waals surface area contributed by atoms with Crippen LogP contribution in [0.25, 0.3) is 0 Å². The van der Waals surface area contributed by atoms with E-state index in [2.05, 4.69) is 28.7 Å². The molecule has 0 spiro atoms. The van der Waals surface area contributed by atoms with Gasteiger partial charge in [-0.3, -0.25) is 4.90 Å². The molecule has 2 heterocycles. The van der Waals surface area contributed by atoms with E-state index in [4.69, 9.17) is 4.74 Å². The molecule has 1 saturated carbocycles. The van der Waals surface area contributed by atoms with E-state index < -0.39 is 9.84 Å². The van der Waals surface area contributed by atoms with Gasteiger partial charge in [0.15, 0.2) is 0 Å². The number of ether oxygens (including phenoxy) is 1. The Morgan fingerprint density at radius 2 is 2.11 bits per heavy atom. The molecule has 1 aliphatic rings. The molecule has 156 valence electrons. The summed E-state index contributed by atoms with van der Waals surface area (Å²) in [6.45, 7) is 7.75. The third-order valence-corrected chi connectivity index (χ3v) is 7.95. The van der Waals surface area contributed by atoms with Crippen LogP contribution in [0.3, 0.4) is 0 Å². The van der Waals surface area contributed by atoms with E-state index in [0.717, 1.165) is 29.2 Å². The first-order valence-electron chi connectivity index (χ1n) is 9.63. The second-order valence-electron chi connectivity index (χ2n) is 7.67. The average molecular weight is 427 g/mol. The molecule has 0 saturated heterocycles. The standard InChI is InChI=1S/C19H30N4O3S2/c1-13(18-14(2)27-15(3)21-18)22(4)11-17-10-20-19(23(17)8-9-26-5)28(24,25)12-16-6-7-16/h10,13,16H,6-9,11-12H2,1-5H3/t13-/m1/s1. The van der Waals surface area contributed by atoms with E-state index >= 15 is 0 Å². The highest BCUT2D eigenvalue weighted by atomic mass is 32.2. The lowest BCUT2D eigenvalue weighted by molar-refractivity contribution is 0.180. The van der Waals surface area contributed by atoms with Gasteiger partial charge in [0.1, 0.15) is 0 Å². The van der Waals surface area contributed by atoms with E-state index in [0.29, 0.717) is 25.6 Å². The van der Waals surface area contributed by atoms with E-state index in [-0.39, 0.29) is 17.0 Å². The Bertz CT molecular complexity index is 916. The van der Waals surface area contributed by atoms with Crippen LogP contribution in [-0.4, -0.2) is 54.4 Å². The number of rotatable bonds is 10. The summed E-state index contributed by atoms with van der Waals surface area (Å²) in [5, 5.41) is 1.24. The van der Waals surface area contributed by atoms with Crippen LogP contribution in [0.2, 0.25) is 0 Å². The predicted octanol–water partition coefficient (Wildman–Crippen LogP) is 2.98. The summed E-state index contributed by atoms with van der Waals surface area (Å²) in [7, 11) is 0.272. The number of nitrogens with zero attached hydrogens (tertiary/aromatic N) is 4. The number of hydrogen-bond acceptors (Lipinski definition) is 7. The van der Waals surface area contributed by atoms with E-state index in [9.17, 15) is 8.42 Å². The third-order valence-electron chi connectivity index (χ3n) is 5.26. The van der Waals surface area contributed by atoms with Gasteiger partial charge in [0, 0.05) is 25.1 Å². The number of methoxy groups -OCH3 is 1. The van der Waals surface area contributed by atoms with Gasteiger partial charge >= 0.3 is 0 Å². The van der Waals surface area contributed by atoms with Gasteiger partial charge in [-0.2, -0.15) is 0 Å². The van der Waals surface area contributed by atoms with Crippen LogP contribution in [0.5, 0.6) is 0 Å². The van der Waals surface area contributed by atoms with Crippen LogP contribution in [0.1, 0.15) is 47.1 Å². The first kappa shape index (κ1) is 21.4. The maximum absolute atomic E-state index is 12.8. The average Bonchev–Trinajstić information content (AvgIpc) is 3.22. The summed E-state index contributed by atoms with van der Waals surface area (Å²) < 4.78 is 32.7. The lowest BCUT2D eigenvalue weighted by Gasteiger charge is -2.24. The van der Waals surface area contributed by atoms with Crippen LogP contribution in [0, 0.1) is 19.8 Å². The summed E-state index contributed by atoms with van der Waals surface area (Å²) in [4.78, 5) is 12.4. The number of aromatic nitrogens is 3. The van der Waals surface area contributed by atoms with Gasteiger partial charge in [0.25, 0.3) is 0 Å². The molecule has 2 aromatic rings. The molecule has 0 aliphatic heterocycles. The van der Waals surface area contributed by atoms with Crippen molar-refractivity contribution < 1.29 is 13.2 Å². The summed E-state index contributed by atoms with van der Waals surface area (Å²) in [6.07, 6.45) is 3.69. The third kappa shape index (κ3) is 4.82. The monoisotopic (exact) mass is 426 g/mol. The minimum absolute atomic E-state index is 0.127. The molecule has 3 rings (SSSR count). The molecule has 28 heavy (non-hydrogen) atoms. The Kier molecular flexibility index (Phi) is 6.58. The molecule has 7 nitrogen and oxygen atoms in total. The molecule has 1 aliphatic carbocycles. The second-order valence-corrected chi connectivity index (χ2v) is 11.0.